The second-order valence-corrected chi connectivity index (χ2v) is 6.50. The molecule has 0 fully saturated rings. The third kappa shape index (κ3) is 7.28. The summed E-state index contributed by atoms with van der Waals surface area (Å²) in [4.78, 5) is 37.3. The first kappa shape index (κ1) is 20.2. The average molecular weight is 315 g/mol. The van der Waals surface area contributed by atoms with Crippen molar-refractivity contribution in [3.63, 3.8) is 0 Å². The summed E-state index contributed by atoms with van der Waals surface area (Å²) in [5, 5.41) is 5.04. The fourth-order valence-corrected chi connectivity index (χ4v) is 1.68. The van der Waals surface area contributed by atoms with Gasteiger partial charge in [0.05, 0.1) is 6.54 Å². The van der Waals surface area contributed by atoms with Crippen molar-refractivity contribution in [2.45, 2.75) is 59.6 Å². The summed E-state index contributed by atoms with van der Waals surface area (Å²) < 4.78 is 5.12. The van der Waals surface area contributed by atoms with Crippen LogP contribution in [0.25, 0.3) is 0 Å². The number of nitrogens with one attached hydrogen (secondary N) is 2. The second kappa shape index (κ2) is 8.00. The van der Waals surface area contributed by atoms with Crippen LogP contribution in [-0.2, 0) is 14.3 Å². The number of rotatable bonds is 6. The van der Waals surface area contributed by atoms with Gasteiger partial charge in [0.25, 0.3) is 0 Å². The average Bonchev–Trinajstić information content (AvgIpc) is 2.34. The van der Waals surface area contributed by atoms with E-state index in [9.17, 15) is 14.4 Å². The number of hydrogen-bond donors (Lipinski definition) is 2. The normalized spacial score (nSPS) is 11.6. The highest BCUT2D eigenvalue weighted by atomic mass is 16.6. The van der Waals surface area contributed by atoms with E-state index in [0.29, 0.717) is 13.1 Å². The Hall–Kier alpha value is -1.79. The van der Waals surface area contributed by atoms with Crippen LogP contribution in [-0.4, -0.2) is 53.6 Å². The summed E-state index contributed by atoms with van der Waals surface area (Å²) in [6.45, 7) is 13.1. The van der Waals surface area contributed by atoms with Crippen LogP contribution in [0.3, 0.4) is 0 Å². The van der Waals surface area contributed by atoms with Crippen LogP contribution < -0.4 is 10.6 Å². The minimum atomic E-state index is -1.17. The highest BCUT2D eigenvalue weighted by Crippen LogP contribution is 2.09. The van der Waals surface area contributed by atoms with Gasteiger partial charge in [0.15, 0.2) is 0 Å². The van der Waals surface area contributed by atoms with Gasteiger partial charge in [-0.15, -0.1) is 0 Å². The van der Waals surface area contributed by atoms with E-state index in [1.165, 1.54) is 0 Å². The first-order chi connectivity index (χ1) is 9.92. The van der Waals surface area contributed by atoms with E-state index in [1.807, 2.05) is 13.8 Å². The molecule has 0 aliphatic rings. The molecule has 0 aromatic heterocycles. The summed E-state index contributed by atoms with van der Waals surface area (Å²) in [5.74, 6) is -0.606. The van der Waals surface area contributed by atoms with Crippen LogP contribution >= 0.6 is 0 Å². The fourth-order valence-electron chi connectivity index (χ4n) is 1.68. The van der Waals surface area contributed by atoms with Gasteiger partial charge in [-0.05, 0) is 48.5 Å². The van der Waals surface area contributed by atoms with Gasteiger partial charge in [-0.1, -0.05) is 0 Å². The molecule has 0 heterocycles. The van der Waals surface area contributed by atoms with Crippen molar-refractivity contribution >= 4 is 17.9 Å². The third-order valence-electron chi connectivity index (χ3n) is 2.90. The van der Waals surface area contributed by atoms with E-state index in [2.05, 4.69) is 10.6 Å². The molecule has 0 aromatic carbocycles. The Kier molecular flexibility index (Phi) is 7.35. The lowest BCUT2D eigenvalue weighted by Gasteiger charge is -2.28. The SMILES string of the molecule is CCN(CC)C(=O)CNC(=O)C(C)(C)NC(=O)OC(C)(C)C. The summed E-state index contributed by atoms with van der Waals surface area (Å²) in [5.41, 5.74) is -1.82. The molecule has 0 rings (SSSR count). The largest absolute Gasteiger partial charge is 0.444 e. The molecule has 3 amide bonds. The molecule has 0 saturated heterocycles. The Labute approximate surface area is 132 Å². The number of alkyl carbamates (subject to hydrolysis) is 1. The van der Waals surface area contributed by atoms with Crippen molar-refractivity contribution in [1.82, 2.24) is 15.5 Å². The van der Waals surface area contributed by atoms with Gasteiger partial charge in [-0.2, -0.15) is 0 Å². The van der Waals surface area contributed by atoms with Crippen molar-refractivity contribution < 1.29 is 19.1 Å². The summed E-state index contributed by atoms with van der Waals surface area (Å²) in [6.07, 6.45) is -0.678. The van der Waals surface area contributed by atoms with E-state index in [0.717, 1.165) is 0 Å². The molecule has 0 radical (unpaired) electrons. The van der Waals surface area contributed by atoms with Gasteiger partial charge in [0, 0.05) is 13.1 Å². The van der Waals surface area contributed by atoms with Crippen molar-refractivity contribution in [3.05, 3.63) is 0 Å². The zero-order valence-electron chi connectivity index (χ0n) is 14.7. The summed E-state index contributed by atoms with van der Waals surface area (Å²) >= 11 is 0. The fraction of sp³-hybridized carbons (Fsp3) is 0.800. The monoisotopic (exact) mass is 315 g/mol. The van der Waals surface area contributed by atoms with Gasteiger partial charge in [0.1, 0.15) is 11.1 Å². The molecule has 0 bridgehead atoms. The molecule has 0 aliphatic heterocycles. The first-order valence-electron chi connectivity index (χ1n) is 7.50. The van der Waals surface area contributed by atoms with Crippen molar-refractivity contribution in [1.29, 1.82) is 0 Å². The maximum Gasteiger partial charge on any atom is 0.408 e. The van der Waals surface area contributed by atoms with Crippen LogP contribution in [0, 0.1) is 0 Å². The lowest BCUT2D eigenvalue weighted by Crippen LogP contribution is -2.56. The predicted octanol–water partition coefficient (Wildman–Crippen LogP) is 1.27. The summed E-state index contributed by atoms with van der Waals surface area (Å²) in [7, 11) is 0. The van der Waals surface area contributed by atoms with Crippen LogP contribution in [0.15, 0.2) is 0 Å². The van der Waals surface area contributed by atoms with Crippen LogP contribution in [0.4, 0.5) is 4.79 Å². The zero-order chi connectivity index (χ0) is 17.6. The lowest BCUT2D eigenvalue weighted by atomic mass is 10.1. The lowest BCUT2D eigenvalue weighted by molar-refractivity contribution is -0.134. The first-order valence-corrected chi connectivity index (χ1v) is 7.50. The van der Waals surface area contributed by atoms with Crippen LogP contribution in [0.2, 0.25) is 0 Å². The molecule has 7 nitrogen and oxygen atoms in total. The van der Waals surface area contributed by atoms with Crippen LogP contribution in [0.5, 0.6) is 0 Å². The van der Waals surface area contributed by atoms with E-state index in [4.69, 9.17) is 4.74 Å². The Bertz CT molecular complexity index is 410. The van der Waals surface area contributed by atoms with Gasteiger partial charge in [-0.3, -0.25) is 9.59 Å². The van der Waals surface area contributed by atoms with E-state index in [-0.39, 0.29) is 12.5 Å². The Morgan fingerprint density at radius 3 is 1.91 bits per heavy atom. The number of likely N-dealkylation sites (N-methyl/N-ethyl adjacent to an activating group) is 1. The number of carbonyl (C=O) groups excluding carboxylic acids is 3. The molecule has 7 heteroatoms. The standard InChI is InChI=1S/C15H29N3O4/c1-8-18(9-2)11(19)10-16-12(20)15(6,7)17-13(21)22-14(3,4)5/h8-10H2,1-7H3,(H,16,20)(H,17,21). The molecular weight excluding hydrogens is 286 g/mol. The Morgan fingerprint density at radius 2 is 1.50 bits per heavy atom. The van der Waals surface area contributed by atoms with Crippen LogP contribution in [0.1, 0.15) is 48.5 Å². The number of hydrogen-bond acceptors (Lipinski definition) is 4. The number of carbonyl (C=O) groups is 3. The summed E-state index contributed by atoms with van der Waals surface area (Å²) in [6, 6.07) is 0. The van der Waals surface area contributed by atoms with Gasteiger partial charge < -0.3 is 20.3 Å². The molecule has 0 atom stereocenters. The molecule has 0 aliphatic carbocycles. The highest BCUT2D eigenvalue weighted by Gasteiger charge is 2.31. The molecule has 2 N–H and O–H groups in total. The zero-order valence-corrected chi connectivity index (χ0v) is 14.7. The molecule has 0 unspecified atom stereocenters. The Balaban J connectivity index is 4.51. The molecule has 0 aromatic rings. The number of ether oxygens (including phenoxy) is 1. The smallest absolute Gasteiger partial charge is 0.408 e. The Morgan fingerprint density at radius 1 is 1.00 bits per heavy atom. The molecule has 0 spiro atoms. The quantitative estimate of drug-likeness (QED) is 0.773. The third-order valence-corrected chi connectivity index (χ3v) is 2.90. The van der Waals surface area contributed by atoms with E-state index >= 15 is 0 Å². The van der Waals surface area contributed by atoms with Crippen molar-refractivity contribution in [3.8, 4) is 0 Å². The maximum absolute atomic E-state index is 12.1. The van der Waals surface area contributed by atoms with Gasteiger partial charge >= 0.3 is 6.09 Å². The highest BCUT2D eigenvalue weighted by molar-refractivity contribution is 5.92. The molecule has 0 saturated carbocycles. The maximum atomic E-state index is 12.1. The minimum Gasteiger partial charge on any atom is -0.444 e. The molecule has 128 valence electrons. The van der Waals surface area contributed by atoms with Gasteiger partial charge in [0.2, 0.25) is 11.8 Å². The molecule has 22 heavy (non-hydrogen) atoms. The number of amides is 3. The van der Waals surface area contributed by atoms with Gasteiger partial charge in [-0.25, -0.2) is 4.79 Å². The number of nitrogens with zero attached hydrogens (tertiary/aromatic N) is 1. The topological polar surface area (TPSA) is 87.7 Å². The minimum absolute atomic E-state index is 0.0973. The predicted molar refractivity (Wildman–Crippen MR) is 84.4 cm³/mol. The van der Waals surface area contributed by atoms with Crippen molar-refractivity contribution in [2.75, 3.05) is 19.6 Å². The van der Waals surface area contributed by atoms with E-state index < -0.39 is 23.1 Å². The van der Waals surface area contributed by atoms with E-state index in [1.54, 1.807) is 39.5 Å². The molecular formula is C15H29N3O4. The van der Waals surface area contributed by atoms with Crippen molar-refractivity contribution in [2.24, 2.45) is 0 Å². The second-order valence-electron chi connectivity index (χ2n) is 6.50.